The van der Waals surface area contributed by atoms with Crippen molar-refractivity contribution in [1.82, 2.24) is 0 Å². The van der Waals surface area contributed by atoms with E-state index < -0.39 is 6.10 Å². The van der Waals surface area contributed by atoms with Crippen molar-refractivity contribution in [2.75, 3.05) is 0 Å². The lowest BCUT2D eigenvalue weighted by atomic mass is 10.0. The summed E-state index contributed by atoms with van der Waals surface area (Å²) < 4.78 is 4.98. The van der Waals surface area contributed by atoms with Gasteiger partial charge < -0.3 is 4.74 Å². The lowest BCUT2D eigenvalue weighted by Crippen LogP contribution is -2.19. The second kappa shape index (κ2) is 5.13. The number of carbonyl (C=O) groups is 2. The van der Waals surface area contributed by atoms with Crippen LogP contribution in [0.2, 0.25) is 0 Å². The van der Waals surface area contributed by atoms with Crippen LogP contribution in [0.15, 0.2) is 0 Å². The van der Waals surface area contributed by atoms with Crippen LogP contribution in [0.4, 0.5) is 0 Å². The molecule has 1 rings (SSSR count). The van der Waals surface area contributed by atoms with E-state index in [0.29, 0.717) is 12.8 Å². The summed E-state index contributed by atoms with van der Waals surface area (Å²) in [4.78, 5) is 22.6. The SMILES string of the molecule is CCCCCC(=O)C1CC(C)C(=O)O1. The van der Waals surface area contributed by atoms with Gasteiger partial charge in [-0.2, -0.15) is 0 Å². The van der Waals surface area contributed by atoms with E-state index in [1.54, 1.807) is 0 Å². The first-order valence-electron chi connectivity index (χ1n) is 5.38. The maximum atomic E-state index is 11.5. The average Bonchev–Trinajstić information content (AvgIpc) is 2.47. The van der Waals surface area contributed by atoms with Gasteiger partial charge in [-0.1, -0.05) is 26.7 Å². The van der Waals surface area contributed by atoms with Gasteiger partial charge in [0.15, 0.2) is 11.9 Å². The first-order chi connectivity index (χ1) is 6.65. The van der Waals surface area contributed by atoms with Gasteiger partial charge in [0, 0.05) is 12.8 Å². The van der Waals surface area contributed by atoms with Gasteiger partial charge in [-0.15, -0.1) is 0 Å². The molecule has 0 saturated carbocycles. The Morgan fingerprint density at radius 1 is 1.50 bits per heavy atom. The van der Waals surface area contributed by atoms with Crippen LogP contribution in [0.5, 0.6) is 0 Å². The Morgan fingerprint density at radius 3 is 2.71 bits per heavy atom. The molecule has 0 spiro atoms. The molecule has 0 bridgehead atoms. The third-order valence-electron chi connectivity index (χ3n) is 2.61. The summed E-state index contributed by atoms with van der Waals surface area (Å²) in [5, 5.41) is 0. The van der Waals surface area contributed by atoms with E-state index in [4.69, 9.17) is 4.74 Å². The highest BCUT2D eigenvalue weighted by molar-refractivity contribution is 5.88. The van der Waals surface area contributed by atoms with Crippen LogP contribution < -0.4 is 0 Å². The zero-order chi connectivity index (χ0) is 10.6. The highest BCUT2D eigenvalue weighted by atomic mass is 16.6. The van der Waals surface area contributed by atoms with Gasteiger partial charge >= 0.3 is 5.97 Å². The van der Waals surface area contributed by atoms with Gasteiger partial charge in [-0.25, -0.2) is 0 Å². The minimum Gasteiger partial charge on any atom is -0.454 e. The molecule has 1 heterocycles. The van der Waals surface area contributed by atoms with Crippen molar-refractivity contribution in [1.29, 1.82) is 0 Å². The second-order valence-electron chi connectivity index (χ2n) is 3.99. The minimum absolute atomic E-state index is 0.0937. The van der Waals surface area contributed by atoms with Crippen molar-refractivity contribution in [3.63, 3.8) is 0 Å². The van der Waals surface area contributed by atoms with Gasteiger partial charge in [0.2, 0.25) is 0 Å². The maximum absolute atomic E-state index is 11.5. The summed E-state index contributed by atoms with van der Waals surface area (Å²) in [5.41, 5.74) is 0. The molecule has 1 fully saturated rings. The lowest BCUT2D eigenvalue weighted by molar-refractivity contribution is -0.148. The molecule has 80 valence electrons. The van der Waals surface area contributed by atoms with Crippen molar-refractivity contribution < 1.29 is 14.3 Å². The summed E-state index contributed by atoms with van der Waals surface area (Å²) in [7, 11) is 0. The summed E-state index contributed by atoms with van der Waals surface area (Å²) >= 11 is 0. The highest BCUT2D eigenvalue weighted by Crippen LogP contribution is 2.22. The van der Waals surface area contributed by atoms with Gasteiger partial charge in [0.25, 0.3) is 0 Å². The van der Waals surface area contributed by atoms with E-state index in [1.807, 2.05) is 6.92 Å². The number of rotatable bonds is 5. The van der Waals surface area contributed by atoms with Crippen LogP contribution in [0, 0.1) is 5.92 Å². The number of hydrogen-bond donors (Lipinski definition) is 0. The van der Waals surface area contributed by atoms with Gasteiger partial charge in [-0.3, -0.25) is 9.59 Å². The molecule has 3 nitrogen and oxygen atoms in total. The number of cyclic esters (lactones) is 1. The summed E-state index contributed by atoms with van der Waals surface area (Å²) in [6.45, 7) is 3.91. The molecule has 1 aliphatic heterocycles. The fourth-order valence-corrected chi connectivity index (χ4v) is 1.63. The Labute approximate surface area is 84.8 Å². The van der Waals surface area contributed by atoms with E-state index in [1.165, 1.54) is 0 Å². The fraction of sp³-hybridized carbons (Fsp3) is 0.818. The van der Waals surface area contributed by atoms with Crippen molar-refractivity contribution in [3.05, 3.63) is 0 Å². The Hall–Kier alpha value is -0.860. The topological polar surface area (TPSA) is 43.4 Å². The van der Waals surface area contributed by atoms with E-state index in [2.05, 4.69) is 6.92 Å². The van der Waals surface area contributed by atoms with Crippen LogP contribution in [-0.2, 0) is 14.3 Å². The Morgan fingerprint density at radius 2 is 2.21 bits per heavy atom. The zero-order valence-corrected chi connectivity index (χ0v) is 8.91. The predicted molar refractivity (Wildman–Crippen MR) is 52.8 cm³/mol. The molecule has 14 heavy (non-hydrogen) atoms. The largest absolute Gasteiger partial charge is 0.454 e. The van der Waals surface area contributed by atoms with Crippen molar-refractivity contribution in [3.8, 4) is 0 Å². The van der Waals surface area contributed by atoms with Gasteiger partial charge in [0.05, 0.1) is 5.92 Å². The van der Waals surface area contributed by atoms with E-state index in [0.717, 1.165) is 19.3 Å². The number of carbonyl (C=O) groups excluding carboxylic acids is 2. The number of esters is 1. The summed E-state index contributed by atoms with van der Waals surface area (Å²) in [5.74, 6) is -0.231. The zero-order valence-electron chi connectivity index (χ0n) is 8.91. The number of Topliss-reactive ketones (excluding diaryl/α,β-unsaturated/α-hetero) is 1. The number of hydrogen-bond acceptors (Lipinski definition) is 3. The molecular formula is C11H18O3. The second-order valence-corrected chi connectivity index (χ2v) is 3.99. The van der Waals surface area contributed by atoms with Gasteiger partial charge in [-0.05, 0) is 6.42 Å². The molecule has 0 radical (unpaired) electrons. The molecule has 2 unspecified atom stereocenters. The van der Waals surface area contributed by atoms with Crippen LogP contribution in [0.3, 0.4) is 0 Å². The fourth-order valence-electron chi connectivity index (χ4n) is 1.63. The van der Waals surface area contributed by atoms with E-state index >= 15 is 0 Å². The van der Waals surface area contributed by atoms with Crippen molar-refractivity contribution in [2.24, 2.45) is 5.92 Å². The van der Waals surface area contributed by atoms with Crippen LogP contribution in [0.25, 0.3) is 0 Å². The third kappa shape index (κ3) is 2.82. The monoisotopic (exact) mass is 198 g/mol. The summed E-state index contributed by atoms with van der Waals surface area (Å²) in [6, 6.07) is 0. The molecule has 0 aliphatic carbocycles. The quantitative estimate of drug-likeness (QED) is 0.502. The lowest BCUT2D eigenvalue weighted by Gasteiger charge is -2.06. The normalized spacial score (nSPS) is 26.3. The van der Waals surface area contributed by atoms with Crippen LogP contribution in [0.1, 0.15) is 46.0 Å². The highest BCUT2D eigenvalue weighted by Gasteiger charge is 2.34. The first-order valence-corrected chi connectivity index (χ1v) is 5.38. The van der Waals surface area contributed by atoms with Crippen LogP contribution >= 0.6 is 0 Å². The number of unbranched alkanes of at least 4 members (excludes halogenated alkanes) is 2. The molecule has 0 N–H and O–H groups in total. The van der Waals surface area contributed by atoms with E-state index in [-0.39, 0.29) is 17.7 Å². The third-order valence-corrected chi connectivity index (χ3v) is 2.61. The molecule has 0 aromatic heterocycles. The maximum Gasteiger partial charge on any atom is 0.309 e. The molecule has 0 amide bonds. The Bertz CT molecular complexity index is 223. The molecular weight excluding hydrogens is 180 g/mol. The Kier molecular flexibility index (Phi) is 4.11. The molecule has 3 heteroatoms. The number of ether oxygens (including phenoxy) is 1. The smallest absolute Gasteiger partial charge is 0.309 e. The van der Waals surface area contributed by atoms with Crippen molar-refractivity contribution >= 4 is 11.8 Å². The first kappa shape index (κ1) is 11.2. The molecule has 0 aromatic rings. The average molecular weight is 198 g/mol. The Balaban J connectivity index is 2.28. The van der Waals surface area contributed by atoms with E-state index in [9.17, 15) is 9.59 Å². The summed E-state index contributed by atoms with van der Waals surface area (Å²) in [6.07, 6.45) is 3.77. The van der Waals surface area contributed by atoms with Crippen molar-refractivity contribution in [2.45, 2.75) is 52.1 Å². The standard InChI is InChI=1S/C11H18O3/c1-3-4-5-6-9(12)10-7-8(2)11(13)14-10/h8,10H,3-7H2,1-2H3. The molecule has 0 aromatic carbocycles. The minimum atomic E-state index is -0.450. The predicted octanol–water partition coefficient (Wildman–Crippen LogP) is 2.09. The molecule has 1 saturated heterocycles. The van der Waals surface area contributed by atoms with Gasteiger partial charge in [0.1, 0.15) is 0 Å². The molecule has 1 aliphatic rings. The van der Waals surface area contributed by atoms with Crippen LogP contribution in [-0.4, -0.2) is 17.9 Å². The molecule has 2 atom stereocenters. The number of ketones is 1.